The molecule has 1 aromatic carbocycles. The number of hydrogen-bond acceptors (Lipinski definition) is 9. The maximum Gasteiger partial charge on any atom is 0.416 e. The van der Waals surface area contributed by atoms with Crippen molar-refractivity contribution in [1.82, 2.24) is 0 Å². The molecule has 0 bridgehead atoms. The minimum absolute atomic E-state index is 0.0331. The molecule has 0 unspecified atom stereocenters. The van der Waals surface area contributed by atoms with Crippen LogP contribution in [0.5, 0.6) is 5.75 Å². The van der Waals surface area contributed by atoms with Crippen LogP contribution in [0.1, 0.15) is 44.1 Å². The van der Waals surface area contributed by atoms with Gasteiger partial charge in [-0.15, -0.1) is 10.1 Å². The van der Waals surface area contributed by atoms with Crippen molar-refractivity contribution in [2.24, 2.45) is 11.8 Å². The molecule has 3 N–H and O–H groups in total. The largest absolute Gasteiger partial charge is 0.491 e. The van der Waals surface area contributed by atoms with Crippen molar-refractivity contribution in [2.45, 2.75) is 63.0 Å². The van der Waals surface area contributed by atoms with Gasteiger partial charge in [0.05, 0.1) is 31.0 Å². The van der Waals surface area contributed by atoms with E-state index in [-0.39, 0.29) is 50.8 Å². The van der Waals surface area contributed by atoms with Crippen LogP contribution in [0.15, 0.2) is 48.6 Å². The van der Waals surface area contributed by atoms with Gasteiger partial charge in [-0.25, -0.2) is 0 Å². The molecule has 0 heterocycles. The summed E-state index contributed by atoms with van der Waals surface area (Å²) in [6.07, 6.45) is 1.58. The second kappa shape index (κ2) is 16.1. The van der Waals surface area contributed by atoms with Gasteiger partial charge in [0.1, 0.15) is 18.5 Å². The topological polar surface area (TPSA) is 149 Å². The number of esters is 1. The van der Waals surface area contributed by atoms with Crippen LogP contribution >= 0.6 is 0 Å². The zero-order valence-corrected chi connectivity index (χ0v) is 21.2. The van der Waals surface area contributed by atoms with Crippen LogP contribution in [0.4, 0.5) is 13.2 Å². The first kappa shape index (κ1) is 32.1. The summed E-state index contributed by atoms with van der Waals surface area (Å²) in [7, 11) is 0. The van der Waals surface area contributed by atoms with E-state index in [2.05, 4.69) is 4.84 Å². The number of aliphatic hydroxyl groups excluding tert-OH is 3. The first-order valence-electron chi connectivity index (χ1n) is 12.6. The lowest BCUT2D eigenvalue weighted by atomic mass is 9.89. The average molecular weight is 562 g/mol. The number of carbonyl (C=O) groups is 1. The number of rotatable bonds is 16. The number of alkyl halides is 3. The molecule has 10 nitrogen and oxygen atoms in total. The van der Waals surface area contributed by atoms with E-state index >= 15 is 0 Å². The predicted octanol–water partition coefficient (Wildman–Crippen LogP) is 3.62. The second-order valence-electron chi connectivity index (χ2n) is 9.13. The van der Waals surface area contributed by atoms with Gasteiger partial charge < -0.3 is 29.6 Å². The maximum absolute atomic E-state index is 12.8. The van der Waals surface area contributed by atoms with Gasteiger partial charge in [-0.2, -0.15) is 13.2 Å². The highest BCUT2D eigenvalue weighted by Crippen LogP contribution is 2.36. The lowest BCUT2D eigenvalue weighted by molar-refractivity contribution is -0.757. The Morgan fingerprint density at radius 1 is 1.18 bits per heavy atom. The fourth-order valence-corrected chi connectivity index (χ4v) is 4.15. The first-order chi connectivity index (χ1) is 18.5. The van der Waals surface area contributed by atoms with Crippen LogP contribution in [-0.2, 0) is 20.5 Å². The van der Waals surface area contributed by atoms with Crippen LogP contribution in [0, 0.1) is 22.0 Å². The summed E-state index contributed by atoms with van der Waals surface area (Å²) in [4.78, 5) is 25.8. The summed E-state index contributed by atoms with van der Waals surface area (Å²) in [5, 5.41) is 40.0. The number of hydrogen-bond donors (Lipinski definition) is 3. The van der Waals surface area contributed by atoms with Gasteiger partial charge in [-0.05, 0) is 43.4 Å². The molecule has 39 heavy (non-hydrogen) atoms. The summed E-state index contributed by atoms with van der Waals surface area (Å²) >= 11 is 0. The van der Waals surface area contributed by atoms with Crippen LogP contribution in [0.25, 0.3) is 0 Å². The lowest BCUT2D eigenvalue weighted by Crippen LogP contribution is -2.21. The Hall–Kier alpha value is -3.16. The normalized spacial score (nSPS) is 22.3. The standard InChI is InChI=1S/C26H34F3NO9/c27-26(28,29)18-7-5-8-20(15-18)38-17-19(31)11-12-22-21(23(32)16-24(22)33)9-3-1-2-4-10-25(34)37-13-6-14-39-30(35)36/h1,3,5,7-8,11-12,15,19,21-24,31-33H,2,4,6,9-10,13-14,16-17H2/t19-,21-,22-,23+,24-/m1/s1. The zero-order valence-electron chi connectivity index (χ0n) is 21.2. The molecule has 0 saturated heterocycles. The van der Waals surface area contributed by atoms with Crippen molar-refractivity contribution in [3.05, 3.63) is 64.2 Å². The summed E-state index contributed by atoms with van der Waals surface area (Å²) in [6.45, 7) is -0.401. The molecule has 0 radical (unpaired) electrons. The molecule has 1 aliphatic carbocycles. The van der Waals surface area contributed by atoms with Gasteiger partial charge in [-0.3, -0.25) is 4.79 Å². The second-order valence-corrected chi connectivity index (χ2v) is 9.13. The molecule has 5 atom stereocenters. The Labute approximate surface area is 223 Å². The molecule has 1 saturated carbocycles. The molecular formula is C26H34F3NO9. The Balaban J connectivity index is 1.73. The molecule has 0 amide bonds. The van der Waals surface area contributed by atoms with Gasteiger partial charge in [-0.1, -0.05) is 30.4 Å². The van der Waals surface area contributed by atoms with E-state index in [0.717, 1.165) is 12.1 Å². The lowest BCUT2D eigenvalue weighted by Gasteiger charge is -2.19. The average Bonchev–Trinajstić information content (AvgIpc) is 3.14. The third-order valence-corrected chi connectivity index (χ3v) is 6.13. The highest BCUT2D eigenvalue weighted by atomic mass is 19.4. The number of benzene rings is 1. The Bertz CT molecular complexity index is 970. The minimum atomic E-state index is -4.51. The molecule has 218 valence electrons. The summed E-state index contributed by atoms with van der Waals surface area (Å²) in [5.41, 5.74) is -0.859. The Morgan fingerprint density at radius 2 is 1.95 bits per heavy atom. The number of halogens is 3. The highest BCUT2D eigenvalue weighted by molar-refractivity contribution is 5.69. The maximum atomic E-state index is 12.8. The first-order valence-corrected chi connectivity index (χ1v) is 12.6. The third kappa shape index (κ3) is 12.1. The number of allylic oxidation sites excluding steroid dienone is 2. The summed E-state index contributed by atoms with van der Waals surface area (Å²) < 4.78 is 48.7. The van der Waals surface area contributed by atoms with Crippen LogP contribution in [0.3, 0.4) is 0 Å². The zero-order chi connectivity index (χ0) is 28.8. The van der Waals surface area contributed by atoms with Gasteiger partial charge in [0, 0.05) is 25.2 Å². The molecule has 1 aromatic rings. The van der Waals surface area contributed by atoms with Crippen molar-refractivity contribution in [1.29, 1.82) is 0 Å². The molecule has 1 fully saturated rings. The molecular weight excluding hydrogens is 527 g/mol. The van der Waals surface area contributed by atoms with E-state index in [1.54, 1.807) is 6.08 Å². The third-order valence-electron chi connectivity index (χ3n) is 6.13. The number of unbranched alkanes of at least 4 members (excludes halogenated alkanes) is 1. The van der Waals surface area contributed by atoms with Gasteiger partial charge in [0.25, 0.3) is 5.09 Å². The van der Waals surface area contributed by atoms with E-state index in [0.29, 0.717) is 19.3 Å². The fourth-order valence-electron chi connectivity index (χ4n) is 4.15. The van der Waals surface area contributed by atoms with Crippen LogP contribution < -0.4 is 4.74 Å². The van der Waals surface area contributed by atoms with E-state index in [4.69, 9.17) is 9.47 Å². The quantitative estimate of drug-likeness (QED) is 0.0905. The molecule has 1 aliphatic rings. The van der Waals surface area contributed by atoms with Crippen molar-refractivity contribution in [3.8, 4) is 5.75 Å². The van der Waals surface area contributed by atoms with E-state index < -0.39 is 47.0 Å². The van der Waals surface area contributed by atoms with Crippen LogP contribution in [-0.4, -0.2) is 64.5 Å². The Morgan fingerprint density at radius 3 is 2.67 bits per heavy atom. The number of aliphatic hydroxyl groups is 3. The van der Waals surface area contributed by atoms with E-state index in [9.17, 15) is 43.4 Å². The number of nitrogens with zero attached hydrogens (tertiary/aromatic N) is 1. The van der Waals surface area contributed by atoms with Crippen LogP contribution in [0.2, 0.25) is 0 Å². The van der Waals surface area contributed by atoms with Gasteiger partial charge in [0.2, 0.25) is 0 Å². The van der Waals surface area contributed by atoms with E-state index in [1.807, 2.05) is 12.2 Å². The molecule has 13 heteroatoms. The summed E-state index contributed by atoms with van der Waals surface area (Å²) in [5.74, 6) is -1.20. The van der Waals surface area contributed by atoms with Crippen molar-refractivity contribution < 1.29 is 52.7 Å². The number of ether oxygens (including phenoxy) is 2. The minimum Gasteiger partial charge on any atom is -0.491 e. The van der Waals surface area contributed by atoms with Gasteiger partial charge in [0.15, 0.2) is 0 Å². The van der Waals surface area contributed by atoms with Gasteiger partial charge >= 0.3 is 12.1 Å². The monoisotopic (exact) mass is 561 g/mol. The smallest absolute Gasteiger partial charge is 0.416 e. The van der Waals surface area contributed by atoms with Crippen molar-refractivity contribution >= 4 is 5.97 Å². The molecule has 2 rings (SSSR count). The number of carbonyl (C=O) groups excluding carboxylic acids is 1. The molecule has 0 aromatic heterocycles. The fraction of sp³-hybridized carbons (Fsp3) is 0.577. The predicted molar refractivity (Wildman–Crippen MR) is 132 cm³/mol. The molecule has 0 spiro atoms. The van der Waals surface area contributed by atoms with Crippen molar-refractivity contribution in [3.63, 3.8) is 0 Å². The van der Waals surface area contributed by atoms with E-state index in [1.165, 1.54) is 18.2 Å². The summed E-state index contributed by atoms with van der Waals surface area (Å²) in [6, 6.07) is 4.33. The van der Waals surface area contributed by atoms with Crippen molar-refractivity contribution in [2.75, 3.05) is 19.8 Å². The highest BCUT2D eigenvalue weighted by Gasteiger charge is 2.39. The molecule has 0 aliphatic heterocycles. The Kier molecular flexibility index (Phi) is 13.2. The SMILES string of the molecule is O=C(CCCC=CC[C@@H]1[C@@H](C=C[C@@H](O)COc2cccc(C(F)(F)F)c2)[C@H](O)C[C@@H]1O)OCCCO[N+](=O)[O-].